The average Bonchev–Trinajstić information content (AvgIpc) is 2.94. The van der Waals surface area contributed by atoms with Crippen molar-refractivity contribution in [1.29, 1.82) is 0 Å². The quantitative estimate of drug-likeness (QED) is 0.384. The van der Waals surface area contributed by atoms with Crippen LogP contribution in [0.4, 0.5) is 0 Å². The van der Waals surface area contributed by atoms with E-state index in [1.807, 2.05) is 67.6 Å². The van der Waals surface area contributed by atoms with Gasteiger partial charge in [-0.1, -0.05) is 78.4 Å². The van der Waals surface area contributed by atoms with Crippen molar-refractivity contribution >= 4 is 17.8 Å². The van der Waals surface area contributed by atoms with Gasteiger partial charge in [-0.2, -0.15) is 0 Å². The van der Waals surface area contributed by atoms with Crippen LogP contribution >= 0.6 is 0 Å². The van der Waals surface area contributed by atoms with Gasteiger partial charge in [0, 0.05) is 11.1 Å². The molecule has 0 aromatic heterocycles. The first-order valence-corrected chi connectivity index (χ1v) is 11.9. The predicted molar refractivity (Wildman–Crippen MR) is 134 cm³/mol. The second-order valence-electron chi connectivity index (χ2n) is 8.98. The SMILES string of the molecule is Cc1ccc(C(=O)N[C@@H]2C(=O)N3C(C(=O)OC(c4ccccc4)c4ccccc4)C(CO)=CO[C@H]23)cc1. The Hall–Kier alpha value is -4.43. The summed E-state index contributed by atoms with van der Waals surface area (Å²) in [7, 11) is 0. The average molecular weight is 499 g/mol. The van der Waals surface area contributed by atoms with Gasteiger partial charge in [-0.3, -0.25) is 14.5 Å². The van der Waals surface area contributed by atoms with Crippen LogP contribution in [0.3, 0.4) is 0 Å². The van der Waals surface area contributed by atoms with E-state index in [0.29, 0.717) is 5.56 Å². The lowest BCUT2D eigenvalue weighted by molar-refractivity contribution is -0.192. The number of hydrogen-bond donors (Lipinski definition) is 2. The fraction of sp³-hybridized carbons (Fsp3) is 0.207. The van der Waals surface area contributed by atoms with Gasteiger partial charge in [0.05, 0.1) is 12.9 Å². The van der Waals surface area contributed by atoms with Crippen molar-refractivity contribution in [2.24, 2.45) is 0 Å². The maximum atomic E-state index is 13.5. The Kier molecular flexibility index (Phi) is 6.74. The maximum absolute atomic E-state index is 13.5. The first-order chi connectivity index (χ1) is 18.0. The van der Waals surface area contributed by atoms with Crippen molar-refractivity contribution in [1.82, 2.24) is 10.2 Å². The topological polar surface area (TPSA) is 105 Å². The van der Waals surface area contributed by atoms with Crippen molar-refractivity contribution in [3.05, 3.63) is 119 Å². The Morgan fingerprint density at radius 1 is 0.973 bits per heavy atom. The van der Waals surface area contributed by atoms with Gasteiger partial charge in [0.25, 0.3) is 11.8 Å². The number of hydrogen-bond acceptors (Lipinski definition) is 6. The molecular formula is C29H26N2O6. The zero-order valence-electron chi connectivity index (χ0n) is 20.1. The van der Waals surface area contributed by atoms with Crippen LogP contribution in [0.15, 0.2) is 96.8 Å². The third-order valence-corrected chi connectivity index (χ3v) is 6.51. The predicted octanol–water partition coefficient (Wildman–Crippen LogP) is 2.87. The zero-order chi connectivity index (χ0) is 25.9. The van der Waals surface area contributed by atoms with Crippen LogP contribution in [-0.4, -0.2) is 52.7 Å². The number of carbonyl (C=O) groups is 3. The highest BCUT2D eigenvalue weighted by Crippen LogP contribution is 2.35. The van der Waals surface area contributed by atoms with Crippen LogP contribution < -0.4 is 5.32 Å². The van der Waals surface area contributed by atoms with Gasteiger partial charge < -0.3 is 19.9 Å². The standard InChI is InChI=1S/C29H26N2O6/c1-18-12-14-21(15-13-18)26(33)30-23-27(34)31-24(22(16-32)17-36-28(23)31)29(35)37-25(19-8-4-2-5-9-19)20-10-6-3-7-11-20/h2-15,17,23-25,28,32H,16H2,1H3,(H,30,33)/t23-,24?,28-/m1/s1. The van der Waals surface area contributed by atoms with E-state index in [4.69, 9.17) is 9.47 Å². The number of amides is 2. The molecule has 3 aromatic carbocycles. The van der Waals surface area contributed by atoms with Gasteiger partial charge in [-0.25, -0.2) is 4.79 Å². The number of esters is 1. The van der Waals surface area contributed by atoms with Crippen molar-refractivity contribution in [2.45, 2.75) is 31.3 Å². The van der Waals surface area contributed by atoms with Crippen LogP contribution in [0.5, 0.6) is 0 Å². The number of β-lactam (4-membered cyclic amide) rings is 1. The number of benzene rings is 3. The van der Waals surface area contributed by atoms with Crippen molar-refractivity contribution in [3.63, 3.8) is 0 Å². The van der Waals surface area contributed by atoms with Gasteiger partial charge in [0.15, 0.2) is 18.2 Å². The second-order valence-corrected chi connectivity index (χ2v) is 8.98. The second kappa shape index (κ2) is 10.3. The lowest BCUT2D eigenvalue weighted by Gasteiger charge is -2.51. The largest absolute Gasteiger partial charge is 0.475 e. The Morgan fingerprint density at radius 2 is 1.57 bits per heavy atom. The Labute approximate surface area is 214 Å². The summed E-state index contributed by atoms with van der Waals surface area (Å²) in [5.41, 5.74) is 3.13. The molecule has 188 valence electrons. The van der Waals surface area contributed by atoms with Gasteiger partial charge in [0.1, 0.15) is 0 Å². The van der Waals surface area contributed by atoms with Crippen LogP contribution in [0.25, 0.3) is 0 Å². The van der Waals surface area contributed by atoms with E-state index in [9.17, 15) is 19.5 Å². The van der Waals surface area contributed by atoms with Gasteiger partial charge in [-0.05, 0) is 30.2 Å². The molecule has 37 heavy (non-hydrogen) atoms. The van der Waals surface area contributed by atoms with Crippen LogP contribution in [-0.2, 0) is 19.1 Å². The summed E-state index contributed by atoms with van der Waals surface area (Å²) in [5.74, 6) is -1.63. The van der Waals surface area contributed by atoms with E-state index in [-0.39, 0.29) is 5.57 Å². The Morgan fingerprint density at radius 3 is 2.14 bits per heavy atom. The molecule has 1 unspecified atom stereocenters. The summed E-state index contributed by atoms with van der Waals surface area (Å²) < 4.78 is 11.6. The van der Waals surface area contributed by atoms with E-state index >= 15 is 0 Å². The van der Waals surface area contributed by atoms with Crippen molar-refractivity contribution in [3.8, 4) is 0 Å². The number of carbonyl (C=O) groups excluding carboxylic acids is 3. The van der Waals surface area contributed by atoms with Crippen molar-refractivity contribution < 1.29 is 29.0 Å². The number of aliphatic hydroxyl groups is 1. The molecule has 3 atom stereocenters. The normalized spacial score (nSPS) is 20.3. The fourth-order valence-corrected chi connectivity index (χ4v) is 4.52. The van der Waals surface area contributed by atoms with Crippen LogP contribution in [0.2, 0.25) is 0 Å². The molecule has 3 aromatic rings. The van der Waals surface area contributed by atoms with E-state index < -0.39 is 48.8 Å². The highest BCUT2D eigenvalue weighted by Gasteiger charge is 2.57. The molecule has 2 aliphatic rings. The first-order valence-electron chi connectivity index (χ1n) is 11.9. The minimum absolute atomic E-state index is 0.192. The van der Waals surface area contributed by atoms with Gasteiger partial charge in [0.2, 0.25) is 6.23 Å². The van der Waals surface area contributed by atoms with Crippen LogP contribution in [0, 0.1) is 6.92 Å². The summed E-state index contributed by atoms with van der Waals surface area (Å²) in [6.07, 6.45) is -0.351. The lowest BCUT2D eigenvalue weighted by Crippen LogP contribution is -2.76. The maximum Gasteiger partial charge on any atom is 0.334 e. The number of nitrogens with zero attached hydrogens (tertiary/aromatic N) is 1. The van der Waals surface area contributed by atoms with E-state index in [2.05, 4.69) is 5.32 Å². The van der Waals surface area contributed by atoms with Crippen molar-refractivity contribution in [2.75, 3.05) is 6.61 Å². The minimum Gasteiger partial charge on any atom is -0.475 e. The monoisotopic (exact) mass is 498 g/mol. The lowest BCUT2D eigenvalue weighted by atomic mass is 9.94. The zero-order valence-corrected chi connectivity index (χ0v) is 20.1. The molecule has 0 saturated carbocycles. The number of nitrogens with one attached hydrogen (secondary N) is 1. The summed E-state index contributed by atoms with van der Waals surface area (Å²) >= 11 is 0. The molecule has 2 amide bonds. The first kappa shape index (κ1) is 24.3. The number of ether oxygens (including phenoxy) is 2. The highest BCUT2D eigenvalue weighted by molar-refractivity contribution is 6.01. The molecule has 0 spiro atoms. The molecule has 0 aliphatic carbocycles. The molecule has 1 fully saturated rings. The van der Waals surface area contributed by atoms with E-state index in [1.165, 1.54) is 11.2 Å². The molecule has 5 rings (SSSR count). The number of rotatable bonds is 7. The third-order valence-electron chi connectivity index (χ3n) is 6.51. The molecule has 0 radical (unpaired) electrons. The van der Waals surface area contributed by atoms with Gasteiger partial charge >= 0.3 is 5.97 Å². The Bertz CT molecular complexity index is 1280. The molecule has 0 bridgehead atoms. The summed E-state index contributed by atoms with van der Waals surface area (Å²) in [6, 6.07) is 23.3. The highest BCUT2D eigenvalue weighted by atomic mass is 16.6. The molecule has 1 saturated heterocycles. The molecule has 2 N–H and O–H groups in total. The van der Waals surface area contributed by atoms with Gasteiger partial charge in [-0.15, -0.1) is 0 Å². The fourth-order valence-electron chi connectivity index (χ4n) is 4.52. The van der Waals surface area contributed by atoms with Crippen LogP contribution in [0.1, 0.15) is 33.2 Å². The molecule has 8 nitrogen and oxygen atoms in total. The Balaban J connectivity index is 1.37. The minimum atomic E-state index is -1.18. The molecule has 8 heteroatoms. The number of aryl methyl sites for hydroxylation is 1. The smallest absolute Gasteiger partial charge is 0.334 e. The third kappa shape index (κ3) is 4.71. The molecule has 2 heterocycles. The number of aliphatic hydroxyl groups excluding tert-OH is 1. The van der Waals surface area contributed by atoms with E-state index in [1.54, 1.807) is 24.3 Å². The van der Waals surface area contributed by atoms with E-state index in [0.717, 1.165) is 16.7 Å². The molecule has 2 aliphatic heterocycles. The summed E-state index contributed by atoms with van der Waals surface area (Å²) in [5, 5.41) is 12.6. The summed E-state index contributed by atoms with van der Waals surface area (Å²) in [4.78, 5) is 40.6. The summed E-state index contributed by atoms with van der Waals surface area (Å²) in [6.45, 7) is 1.41. The molecular weight excluding hydrogens is 472 g/mol. The number of fused-ring (bicyclic) bond motifs is 1.